The van der Waals surface area contributed by atoms with E-state index in [0.717, 1.165) is 11.4 Å². The van der Waals surface area contributed by atoms with E-state index in [2.05, 4.69) is 25.9 Å². The zero-order valence-corrected chi connectivity index (χ0v) is 19.4. The van der Waals surface area contributed by atoms with Crippen LogP contribution in [-0.2, 0) is 22.6 Å². The molecular formula is C19H22N10O2S2. The molecule has 4 heterocycles. The molecule has 0 aliphatic carbocycles. The van der Waals surface area contributed by atoms with Gasteiger partial charge in [0, 0.05) is 18.5 Å². The Balaban J connectivity index is 1.42. The number of hydrogen-bond donors (Lipinski definition) is 2. The highest BCUT2D eigenvalue weighted by atomic mass is 32.1. The van der Waals surface area contributed by atoms with Gasteiger partial charge in [0.05, 0.1) is 18.4 Å². The third-order valence-electron chi connectivity index (χ3n) is 5.50. The van der Waals surface area contributed by atoms with Crippen LogP contribution >= 0.6 is 24.4 Å². The van der Waals surface area contributed by atoms with Crippen molar-refractivity contribution < 1.29 is 9.47 Å². The fourth-order valence-electron chi connectivity index (χ4n) is 3.95. The summed E-state index contributed by atoms with van der Waals surface area (Å²) in [4.78, 5) is 1.51. The van der Waals surface area contributed by atoms with Crippen LogP contribution in [-0.4, -0.2) is 64.4 Å². The molecule has 0 amide bonds. The Hall–Kier alpha value is -3.07. The fraction of sp³-hybridized carbons (Fsp3) is 0.421. The summed E-state index contributed by atoms with van der Waals surface area (Å²) in [5, 5.41) is 22.0. The van der Waals surface area contributed by atoms with Crippen molar-refractivity contribution in [1.29, 1.82) is 0 Å². The number of thiocarbonyl (C=S) groups is 1. The number of nitrogens with zero attached hydrogens (tertiary/aromatic N) is 8. The highest BCUT2D eigenvalue weighted by Gasteiger charge is 2.44. The molecule has 3 N–H and O–H groups in total. The zero-order valence-electron chi connectivity index (χ0n) is 17.7. The maximum absolute atomic E-state index is 5.98. The molecular weight excluding hydrogens is 464 g/mol. The summed E-state index contributed by atoms with van der Waals surface area (Å²) < 4.78 is 16.0. The number of tetrazole rings is 1. The second-order valence-electron chi connectivity index (χ2n) is 7.59. The molecule has 2 aliphatic heterocycles. The average molecular weight is 487 g/mol. The summed E-state index contributed by atoms with van der Waals surface area (Å²) in [5.74, 6) is 1.28. The van der Waals surface area contributed by atoms with Crippen molar-refractivity contribution in [3.63, 3.8) is 0 Å². The minimum atomic E-state index is -0.522. The maximum Gasteiger partial charge on any atom is 0.204 e. The number of hydrazone groups is 1. The Morgan fingerprint density at radius 1 is 1.30 bits per heavy atom. The molecule has 2 fully saturated rings. The van der Waals surface area contributed by atoms with Crippen LogP contribution in [0, 0.1) is 4.77 Å². The van der Waals surface area contributed by atoms with Crippen molar-refractivity contribution in [3.05, 3.63) is 40.9 Å². The Morgan fingerprint density at radius 3 is 2.88 bits per heavy atom. The highest BCUT2D eigenvalue weighted by molar-refractivity contribution is 7.80. The van der Waals surface area contributed by atoms with Crippen LogP contribution in [0.5, 0.6) is 0 Å². The molecule has 0 radical (unpaired) electrons. The van der Waals surface area contributed by atoms with Crippen LogP contribution in [0.4, 0.5) is 0 Å². The van der Waals surface area contributed by atoms with Gasteiger partial charge < -0.3 is 19.8 Å². The Labute approximate surface area is 199 Å². The van der Waals surface area contributed by atoms with Gasteiger partial charge in [0.1, 0.15) is 12.6 Å². The van der Waals surface area contributed by atoms with Crippen LogP contribution in [0.1, 0.15) is 25.2 Å². The molecule has 33 heavy (non-hydrogen) atoms. The summed E-state index contributed by atoms with van der Waals surface area (Å²) in [6.07, 6.45) is -0.169. The van der Waals surface area contributed by atoms with E-state index in [0.29, 0.717) is 42.4 Å². The normalized spacial score (nSPS) is 23.2. The second kappa shape index (κ2) is 9.05. The zero-order chi connectivity index (χ0) is 22.9. The quantitative estimate of drug-likeness (QED) is 0.384. The molecule has 0 unspecified atom stereocenters. The van der Waals surface area contributed by atoms with E-state index >= 15 is 0 Å². The smallest absolute Gasteiger partial charge is 0.204 e. The van der Waals surface area contributed by atoms with Gasteiger partial charge in [0.2, 0.25) is 5.82 Å². The fourth-order valence-corrected chi connectivity index (χ4v) is 4.41. The lowest BCUT2D eigenvalue weighted by atomic mass is 10.0. The molecule has 2 saturated heterocycles. The number of hydrogen-bond acceptors (Lipinski definition) is 9. The SMILES string of the molecule is CCn1c(Cn2nnc(-c3ccccc3)n2)nn([C@@H]2C/C(=N/NC(N)=S)[C@H]3OC[C@@H]2O3)c1=S. The highest BCUT2D eigenvalue weighted by Crippen LogP contribution is 2.33. The summed E-state index contributed by atoms with van der Waals surface area (Å²) >= 11 is 10.6. The van der Waals surface area contributed by atoms with Crippen LogP contribution in [0.15, 0.2) is 35.4 Å². The van der Waals surface area contributed by atoms with Crippen molar-refractivity contribution in [2.45, 2.75) is 44.9 Å². The topological polar surface area (TPSA) is 135 Å². The molecule has 3 atom stereocenters. The van der Waals surface area contributed by atoms with Gasteiger partial charge in [0.25, 0.3) is 0 Å². The van der Waals surface area contributed by atoms with Gasteiger partial charge in [-0.25, -0.2) is 4.68 Å². The van der Waals surface area contributed by atoms with Crippen LogP contribution in [0.25, 0.3) is 11.4 Å². The number of benzene rings is 1. The molecule has 5 rings (SSSR count). The van der Waals surface area contributed by atoms with Crippen LogP contribution in [0.3, 0.4) is 0 Å². The van der Waals surface area contributed by atoms with E-state index in [1.54, 1.807) is 4.68 Å². The minimum Gasteiger partial charge on any atom is -0.375 e. The summed E-state index contributed by atoms with van der Waals surface area (Å²) in [6, 6.07) is 9.51. The van der Waals surface area contributed by atoms with Crippen LogP contribution in [0.2, 0.25) is 0 Å². The number of nitrogens with two attached hydrogens (primary N) is 1. The minimum absolute atomic E-state index is 0.0727. The van der Waals surface area contributed by atoms with Gasteiger partial charge in [-0.1, -0.05) is 30.3 Å². The molecule has 1 aromatic carbocycles. The first-order valence-electron chi connectivity index (χ1n) is 10.4. The monoisotopic (exact) mass is 486 g/mol. The summed E-state index contributed by atoms with van der Waals surface area (Å²) in [6.45, 7) is 3.41. The molecule has 0 spiro atoms. The first-order valence-corrected chi connectivity index (χ1v) is 11.3. The van der Waals surface area contributed by atoms with Gasteiger partial charge in [-0.2, -0.15) is 15.0 Å². The largest absolute Gasteiger partial charge is 0.375 e. The summed E-state index contributed by atoms with van der Waals surface area (Å²) in [7, 11) is 0. The first kappa shape index (κ1) is 21.8. The molecule has 0 saturated carbocycles. The van der Waals surface area contributed by atoms with E-state index in [1.807, 2.05) is 41.8 Å². The third-order valence-corrected chi connectivity index (χ3v) is 6.00. The first-order chi connectivity index (χ1) is 16.0. The van der Waals surface area contributed by atoms with Gasteiger partial charge in [-0.05, 0) is 36.6 Å². The Morgan fingerprint density at radius 2 is 2.12 bits per heavy atom. The van der Waals surface area contributed by atoms with E-state index in [4.69, 9.17) is 44.7 Å². The number of fused-ring (bicyclic) bond motifs is 2. The average Bonchev–Trinajstić information content (AvgIpc) is 3.53. The lowest BCUT2D eigenvalue weighted by Crippen LogP contribution is -2.39. The predicted octanol–water partition coefficient (Wildman–Crippen LogP) is 1.01. The number of ether oxygens (including phenoxy) is 2. The number of aromatic nitrogens is 7. The van der Waals surface area contributed by atoms with E-state index < -0.39 is 6.29 Å². The molecule has 172 valence electrons. The molecule has 2 bridgehead atoms. The summed E-state index contributed by atoms with van der Waals surface area (Å²) in [5.41, 5.74) is 9.67. The van der Waals surface area contributed by atoms with Crippen molar-refractivity contribution in [3.8, 4) is 11.4 Å². The third kappa shape index (κ3) is 4.29. The maximum atomic E-state index is 5.98. The molecule has 3 aromatic rings. The van der Waals surface area contributed by atoms with Crippen LogP contribution < -0.4 is 11.2 Å². The van der Waals surface area contributed by atoms with Gasteiger partial charge in [-0.3, -0.25) is 5.43 Å². The van der Waals surface area contributed by atoms with Crippen molar-refractivity contribution in [2.24, 2.45) is 10.8 Å². The van der Waals surface area contributed by atoms with Gasteiger partial charge in [0.15, 0.2) is 22.0 Å². The van der Waals surface area contributed by atoms with Gasteiger partial charge >= 0.3 is 0 Å². The molecule has 12 nitrogen and oxygen atoms in total. The molecule has 14 heteroatoms. The Bertz CT molecular complexity index is 1250. The van der Waals surface area contributed by atoms with E-state index in [1.165, 1.54) is 4.80 Å². The van der Waals surface area contributed by atoms with Crippen molar-refractivity contribution in [2.75, 3.05) is 6.61 Å². The van der Waals surface area contributed by atoms with Crippen molar-refractivity contribution >= 4 is 35.3 Å². The van der Waals surface area contributed by atoms with E-state index in [-0.39, 0.29) is 17.3 Å². The van der Waals surface area contributed by atoms with Crippen molar-refractivity contribution in [1.82, 2.24) is 40.0 Å². The number of rotatable bonds is 6. The van der Waals surface area contributed by atoms with Gasteiger partial charge in [-0.15, -0.1) is 10.2 Å². The van der Waals surface area contributed by atoms with E-state index in [9.17, 15) is 0 Å². The lowest BCUT2D eigenvalue weighted by molar-refractivity contribution is -0.0323. The number of nitrogens with one attached hydrogen (secondary N) is 1. The lowest BCUT2D eigenvalue weighted by Gasteiger charge is -2.28. The Kier molecular flexibility index (Phi) is 5.97. The molecule has 2 aliphatic rings. The predicted molar refractivity (Wildman–Crippen MR) is 125 cm³/mol. The molecule has 2 aromatic heterocycles. The second-order valence-corrected chi connectivity index (χ2v) is 8.39. The standard InChI is InChI=1S/C19H22N10O2S2/c1-2-27-15(9-28-25-16(22-26-28)11-6-4-3-5-7-11)24-29(19(27)33)13-8-12(21-23-18(20)32)17-30-10-14(13)31-17/h3-7,13-14,17H,2,8-10H2,1H3,(H3,20,23,32)/b21-12-/t13-,14+,17+/m1/s1.